The molecule has 7 nitrogen and oxygen atoms in total. The molecule has 1 amide bonds. The van der Waals surface area contributed by atoms with E-state index in [2.05, 4.69) is 46.4 Å². The summed E-state index contributed by atoms with van der Waals surface area (Å²) in [4.78, 5) is 14.6. The average Bonchev–Trinajstić information content (AvgIpc) is 3.22. The van der Waals surface area contributed by atoms with Gasteiger partial charge in [0, 0.05) is 19.0 Å². The van der Waals surface area contributed by atoms with Crippen molar-refractivity contribution in [1.82, 2.24) is 29.8 Å². The normalized spacial score (nSPS) is 12.8. The van der Waals surface area contributed by atoms with E-state index in [1.807, 2.05) is 54.8 Å². The fourth-order valence-electron chi connectivity index (χ4n) is 3.52. The Morgan fingerprint density at radius 1 is 1.21 bits per heavy atom. The van der Waals surface area contributed by atoms with E-state index in [4.69, 9.17) is 0 Å². The number of carbonyl (C=O) groups is 1. The fourth-order valence-corrected chi connectivity index (χ4v) is 3.52. The lowest BCUT2D eigenvalue weighted by atomic mass is 10.1. The summed E-state index contributed by atoms with van der Waals surface area (Å²) in [5, 5.41) is 12.1. The van der Waals surface area contributed by atoms with Crippen LogP contribution in [0.3, 0.4) is 0 Å². The SMILES string of the molecule is Cc1nn(C(C)C)c2cnn(CCC(=O)NCC(c3ccccc3)N(C)C)c12. The molecule has 150 valence electrons. The second-order valence-electron chi connectivity index (χ2n) is 7.67. The molecule has 1 aromatic carbocycles. The summed E-state index contributed by atoms with van der Waals surface area (Å²) < 4.78 is 3.87. The molecule has 1 unspecified atom stereocenters. The van der Waals surface area contributed by atoms with Crippen LogP contribution in [-0.2, 0) is 11.3 Å². The molecule has 0 radical (unpaired) electrons. The molecule has 3 aromatic rings. The molecule has 0 aliphatic carbocycles. The van der Waals surface area contributed by atoms with E-state index in [0.29, 0.717) is 19.5 Å². The van der Waals surface area contributed by atoms with Crippen LogP contribution < -0.4 is 5.32 Å². The molecule has 0 spiro atoms. The number of fused-ring (bicyclic) bond motifs is 1. The van der Waals surface area contributed by atoms with Crippen LogP contribution in [0.15, 0.2) is 36.5 Å². The first kappa shape index (κ1) is 20.1. The number of carbonyl (C=O) groups excluding carboxylic acids is 1. The van der Waals surface area contributed by atoms with Crippen molar-refractivity contribution >= 4 is 16.9 Å². The monoisotopic (exact) mass is 382 g/mol. The Morgan fingerprint density at radius 2 is 1.93 bits per heavy atom. The first-order valence-corrected chi connectivity index (χ1v) is 9.77. The standard InChI is InChI=1S/C21H30N6O/c1-15(2)27-19-14-23-26(21(19)16(3)24-27)12-11-20(28)22-13-18(25(4)5)17-9-7-6-8-10-17/h6-10,14-15,18H,11-13H2,1-5H3,(H,22,28). The summed E-state index contributed by atoms with van der Waals surface area (Å²) in [7, 11) is 4.05. The molecular weight excluding hydrogens is 352 g/mol. The molecule has 0 saturated heterocycles. The number of amides is 1. The van der Waals surface area contributed by atoms with Crippen LogP contribution in [0.2, 0.25) is 0 Å². The van der Waals surface area contributed by atoms with E-state index in [9.17, 15) is 4.79 Å². The molecular formula is C21H30N6O. The first-order valence-electron chi connectivity index (χ1n) is 9.77. The second-order valence-corrected chi connectivity index (χ2v) is 7.67. The number of benzene rings is 1. The minimum Gasteiger partial charge on any atom is -0.354 e. The van der Waals surface area contributed by atoms with Gasteiger partial charge in [-0.25, -0.2) is 0 Å². The molecule has 0 fully saturated rings. The maximum absolute atomic E-state index is 12.4. The number of likely N-dealkylation sites (N-methyl/N-ethyl adjacent to an activating group) is 1. The fraction of sp³-hybridized carbons (Fsp3) is 0.476. The minimum atomic E-state index is 0.0281. The maximum Gasteiger partial charge on any atom is 0.221 e. The molecule has 0 saturated carbocycles. The Labute approximate surface area is 166 Å². The largest absolute Gasteiger partial charge is 0.354 e. The number of aryl methyl sites for hydroxylation is 2. The Hall–Kier alpha value is -2.67. The van der Waals surface area contributed by atoms with Gasteiger partial charge >= 0.3 is 0 Å². The number of hydrogen-bond acceptors (Lipinski definition) is 4. The van der Waals surface area contributed by atoms with Crippen LogP contribution in [0.25, 0.3) is 11.0 Å². The van der Waals surface area contributed by atoms with Crippen molar-refractivity contribution in [2.45, 2.75) is 45.8 Å². The lowest BCUT2D eigenvalue weighted by molar-refractivity contribution is -0.121. The van der Waals surface area contributed by atoms with Gasteiger partial charge in [0.25, 0.3) is 0 Å². The maximum atomic E-state index is 12.4. The molecule has 1 atom stereocenters. The van der Waals surface area contributed by atoms with Crippen LogP contribution in [0.4, 0.5) is 0 Å². The van der Waals surface area contributed by atoms with Crippen molar-refractivity contribution in [3.63, 3.8) is 0 Å². The lowest BCUT2D eigenvalue weighted by Crippen LogP contribution is -2.34. The van der Waals surface area contributed by atoms with E-state index in [1.165, 1.54) is 5.56 Å². The molecule has 2 aromatic heterocycles. The third kappa shape index (κ3) is 4.25. The highest BCUT2D eigenvalue weighted by molar-refractivity contribution is 5.79. The van der Waals surface area contributed by atoms with Gasteiger partial charge in [0.05, 0.1) is 24.5 Å². The summed E-state index contributed by atoms with van der Waals surface area (Å²) >= 11 is 0. The summed E-state index contributed by atoms with van der Waals surface area (Å²) in [6.07, 6.45) is 2.22. The highest BCUT2D eigenvalue weighted by Gasteiger charge is 2.17. The second kappa shape index (κ2) is 8.56. The van der Waals surface area contributed by atoms with Crippen LogP contribution in [-0.4, -0.2) is 51.0 Å². The van der Waals surface area contributed by atoms with Gasteiger partial charge in [0.2, 0.25) is 5.91 Å². The van der Waals surface area contributed by atoms with Crippen LogP contribution in [0, 0.1) is 6.92 Å². The van der Waals surface area contributed by atoms with Crippen molar-refractivity contribution in [2.75, 3.05) is 20.6 Å². The molecule has 28 heavy (non-hydrogen) atoms. The van der Waals surface area contributed by atoms with E-state index in [-0.39, 0.29) is 18.0 Å². The van der Waals surface area contributed by atoms with Gasteiger partial charge < -0.3 is 10.2 Å². The third-order valence-corrected chi connectivity index (χ3v) is 5.01. The van der Waals surface area contributed by atoms with E-state index in [0.717, 1.165) is 16.7 Å². The van der Waals surface area contributed by atoms with Gasteiger partial charge in [-0.15, -0.1) is 0 Å². The number of rotatable bonds is 8. The molecule has 7 heteroatoms. The predicted molar refractivity (Wildman–Crippen MR) is 111 cm³/mol. The highest BCUT2D eigenvalue weighted by atomic mass is 16.1. The van der Waals surface area contributed by atoms with E-state index < -0.39 is 0 Å². The number of nitrogens with one attached hydrogen (secondary N) is 1. The van der Waals surface area contributed by atoms with Crippen molar-refractivity contribution in [3.05, 3.63) is 47.8 Å². The van der Waals surface area contributed by atoms with Crippen LogP contribution in [0.1, 0.15) is 43.6 Å². The Balaban J connectivity index is 1.61. The van der Waals surface area contributed by atoms with Gasteiger partial charge in [0.15, 0.2) is 0 Å². The zero-order valence-electron chi connectivity index (χ0n) is 17.4. The topological polar surface area (TPSA) is 68.0 Å². The lowest BCUT2D eigenvalue weighted by Gasteiger charge is -2.25. The van der Waals surface area contributed by atoms with Gasteiger partial charge in [-0.1, -0.05) is 30.3 Å². The van der Waals surface area contributed by atoms with Crippen molar-refractivity contribution in [2.24, 2.45) is 0 Å². The van der Waals surface area contributed by atoms with E-state index >= 15 is 0 Å². The molecule has 0 aliphatic heterocycles. The Kier molecular flexibility index (Phi) is 6.14. The van der Waals surface area contributed by atoms with Crippen molar-refractivity contribution in [1.29, 1.82) is 0 Å². The van der Waals surface area contributed by atoms with Gasteiger partial charge in [-0.05, 0) is 40.4 Å². The van der Waals surface area contributed by atoms with Gasteiger partial charge in [-0.2, -0.15) is 10.2 Å². The van der Waals surface area contributed by atoms with Crippen molar-refractivity contribution < 1.29 is 4.79 Å². The minimum absolute atomic E-state index is 0.0281. The predicted octanol–water partition coefficient (Wildman–Crippen LogP) is 2.93. The first-order chi connectivity index (χ1) is 13.4. The molecule has 3 rings (SSSR count). The molecule has 2 heterocycles. The smallest absolute Gasteiger partial charge is 0.221 e. The molecule has 0 bridgehead atoms. The highest BCUT2D eigenvalue weighted by Crippen LogP contribution is 2.21. The summed E-state index contributed by atoms with van der Waals surface area (Å²) in [5.74, 6) is 0.0281. The Morgan fingerprint density at radius 3 is 2.57 bits per heavy atom. The third-order valence-electron chi connectivity index (χ3n) is 5.01. The number of nitrogens with zero attached hydrogens (tertiary/aromatic N) is 5. The zero-order chi connectivity index (χ0) is 20.3. The van der Waals surface area contributed by atoms with E-state index in [1.54, 1.807) is 0 Å². The summed E-state index contributed by atoms with van der Waals surface area (Å²) in [6.45, 7) is 7.31. The zero-order valence-corrected chi connectivity index (χ0v) is 17.4. The summed E-state index contributed by atoms with van der Waals surface area (Å²) in [6, 6.07) is 10.7. The molecule has 0 aliphatic rings. The summed E-state index contributed by atoms with van der Waals surface area (Å²) in [5.41, 5.74) is 4.17. The molecule has 1 N–H and O–H groups in total. The average molecular weight is 383 g/mol. The van der Waals surface area contributed by atoms with Crippen molar-refractivity contribution in [3.8, 4) is 0 Å². The van der Waals surface area contributed by atoms with Crippen LogP contribution in [0.5, 0.6) is 0 Å². The van der Waals surface area contributed by atoms with Gasteiger partial charge in [0.1, 0.15) is 11.0 Å². The van der Waals surface area contributed by atoms with Crippen LogP contribution >= 0.6 is 0 Å². The number of hydrogen-bond donors (Lipinski definition) is 1. The van der Waals surface area contributed by atoms with Gasteiger partial charge in [-0.3, -0.25) is 14.2 Å². The number of aromatic nitrogens is 4. The quantitative estimate of drug-likeness (QED) is 0.650. The Bertz CT molecular complexity index is 925.